The molecule has 0 saturated heterocycles. The second kappa shape index (κ2) is 9.20. The summed E-state index contributed by atoms with van der Waals surface area (Å²) in [7, 11) is -0.897. The van der Waals surface area contributed by atoms with E-state index < -0.39 is 10.0 Å². The number of rotatable bonds is 10. The predicted octanol–water partition coefficient (Wildman–Crippen LogP) is 0.787. The van der Waals surface area contributed by atoms with Crippen LogP contribution in [-0.4, -0.2) is 42.0 Å². The van der Waals surface area contributed by atoms with Gasteiger partial charge in [0.25, 0.3) is 0 Å². The minimum Gasteiger partial charge on any atom is -0.359 e. The van der Waals surface area contributed by atoms with Crippen LogP contribution in [-0.2, 0) is 19.5 Å². The third kappa shape index (κ3) is 6.61. The molecule has 1 N–H and O–H groups in total. The van der Waals surface area contributed by atoms with E-state index in [0.717, 1.165) is 18.3 Å². The summed E-state index contributed by atoms with van der Waals surface area (Å²) < 4.78 is 36.6. The van der Waals surface area contributed by atoms with Gasteiger partial charge in [-0.25, -0.2) is 13.1 Å². The lowest BCUT2D eigenvalue weighted by Gasteiger charge is -2.17. The average molecular weight is 313 g/mol. The van der Waals surface area contributed by atoms with Gasteiger partial charge in [0.05, 0.1) is 12.4 Å². The Hall–Kier alpha value is -0.885. The highest BCUT2D eigenvalue weighted by atomic mass is 32.2. The molecule has 21 heavy (non-hydrogen) atoms. The van der Waals surface area contributed by atoms with Gasteiger partial charge in [-0.05, 0) is 18.9 Å². The smallest absolute Gasteiger partial charge is 0.212 e. The summed E-state index contributed by atoms with van der Waals surface area (Å²) in [4.78, 5) is 0. The Balaban J connectivity index is 2.54. The minimum atomic E-state index is -3.31. The monoisotopic (exact) mass is 313 g/mol. The van der Waals surface area contributed by atoms with Crippen LogP contribution >= 0.6 is 0 Å². The van der Waals surface area contributed by atoms with Crippen molar-refractivity contribution in [2.45, 2.75) is 26.2 Å². The standard InChI is InChI=1S/C14H24BNO4S/c1-12(13-7-4-5-8-14(13)15-2)16-21(17,18)10-6-9-20-11-19-3/h4-5,7-8,12,15-16H,6,9-11H2,1-3H3/t12-/m1/s1. The fourth-order valence-electron chi connectivity index (χ4n) is 2.16. The highest BCUT2D eigenvalue weighted by Gasteiger charge is 2.17. The number of ether oxygens (including phenoxy) is 2. The SMILES string of the molecule is CBc1ccccc1[C@@H](C)NS(=O)(=O)CCCOCOC. The maximum Gasteiger partial charge on any atom is 0.212 e. The first-order valence-electron chi connectivity index (χ1n) is 7.14. The molecule has 1 aromatic carbocycles. The molecule has 0 aliphatic rings. The number of nitrogens with one attached hydrogen (secondary N) is 1. The molecule has 1 atom stereocenters. The van der Waals surface area contributed by atoms with Gasteiger partial charge >= 0.3 is 0 Å². The second-order valence-electron chi connectivity index (χ2n) is 4.88. The Morgan fingerprint density at radius 3 is 2.71 bits per heavy atom. The van der Waals surface area contributed by atoms with Crippen LogP contribution in [0.4, 0.5) is 0 Å². The third-order valence-corrected chi connectivity index (χ3v) is 4.70. The Morgan fingerprint density at radius 1 is 1.33 bits per heavy atom. The first-order chi connectivity index (χ1) is 10.00. The van der Waals surface area contributed by atoms with Crippen molar-refractivity contribution in [1.82, 2.24) is 4.72 Å². The van der Waals surface area contributed by atoms with Crippen LogP contribution in [0.5, 0.6) is 0 Å². The van der Waals surface area contributed by atoms with Crippen LogP contribution in [0.3, 0.4) is 0 Å². The maximum atomic E-state index is 12.0. The molecule has 5 nitrogen and oxygen atoms in total. The van der Waals surface area contributed by atoms with E-state index in [0.29, 0.717) is 13.0 Å². The van der Waals surface area contributed by atoms with Crippen molar-refractivity contribution in [1.29, 1.82) is 0 Å². The van der Waals surface area contributed by atoms with Gasteiger partial charge in [0.1, 0.15) is 6.79 Å². The number of sulfonamides is 1. The molecule has 1 aromatic rings. The molecule has 0 heterocycles. The Bertz CT molecular complexity index is 521. The summed E-state index contributed by atoms with van der Waals surface area (Å²) in [5, 5.41) is 0. The quantitative estimate of drug-likeness (QED) is 0.394. The van der Waals surface area contributed by atoms with Crippen LogP contribution in [0.15, 0.2) is 24.3 Å². The molecule has 0 unspecified atom stereocenters. The molecule has 0 spiro atoms. The molecule has 118 valence electrons. The van der Waals surface area contributed by atoms with Gasteiger partial charge in [-0.3, -0.25) is 0 Å². The highest BCUT2D eigenvalue weighted by molar-refractivity contribution is 7.89. The molecule has 0 fully saturated rings. The molecule has 0 radical (unpaired) electrons. The van der Waals surface area contributed by atoms with E-state index in [1.807, 2.05) is 31.2 Å². The lowest BCUT2D eigenvalue weighted by atomic mass is 9.70. The lowest BCUT2D eigenvalue weighted by molar-refractivity contribution is -0.0298. The largest absolute Gasteiger partial charge is 0.359 e. The first-order valence-corrected chi connectivity index (χ1v) is 8.80. The van der Waals surface area contributed by atoms with E-state index >= 15 is 0 Å². The topological polar surface area (TPSA) is 64.6 Å². The predicted molar refractivity (Wildman–Crippen MR) is 86.9 cm³/mol. The van der Waals surface area contributed by atoms with Crippen molar-refractivity contribution in [2.24, 2.45) is 0 Å². The summed E-state index contributed by atoms with van der Waals surface area (Å²) in [5.74, 6) is 0.0509. The van der Waals surface area contributed by atoms with Crippen molar-refractivity contribution in [3.8, 4) is 0 Å². The second-order valence-corrected chi connectivity index (χ2v) is 6.75. The minimum absolute atomic E-state index is 0.0509. The van der Waals surface area contributed by atoms with Crippen LogP contribution in [0.1, 0.15) is 24.9 Å². The van der Waals surface area contributed by atoms with E-state index in [-0.39, 0.29) is 18.6 Å². The third-order valence-electron chi connectivity index (χ3n) is 3.16. The van der Waals surface area contributed by atoms with Gasteiger partial charge in [-0.1, -0.05) is 36.6 Å². The van der Waals surface area contributed by atoms with Gasteiger partial charge in [0, 0.05) is 13.2 Å². The Labute approximate surface area is 128 Å². The van der Waals surface area contributed by atoms with Gasteiger partial charge < -0.3 is 9.47 Å². The van der Waals surface area contributed by atoms with Crippen molar-refractivity contribution >= 4 is 22.8 Å². The van der Waals surface area contributed by atoms with Crippen LogP contribution in [0.2, 0.25) is 6.82 Å². The van der Waals surface area contributed by atoms with E-state index in [1.54, 1.807) is 0 Å². The van der Waals surface area contributed by atoms with Crippen molar-refractivity contribution < 1.29 is 17.9 Å². The zero-order valence-electron chi connectivity index (χ0n) is 13.0. The summed E-state index contributed by atoms with van der Waals surface area (Å²) in [6, 6.07) is 7.66. The Kier molecular flexibility index (Phi) is 7.96. The highest BCUT2D eigenvalue weighted by Crippen LogP contribution is 2.11. The van der Waals surface area contributed by atoms with Crippen molar-refractivity contribution in [3.05, 3.63) is 29.8 Å². The maximum absolute atomic E-state index is 12.0. The van der Waals surface area contributed by atoms with Crippen molar-refractivity contribution in [2.75, 3.05) is 26.3 Å². The van der Waals surface area contributed by atoms with Crippen LogP contribution in [0, 0.1) is 0 Å². The normalized spacial score (nSPS) is 13.1. The average Bonchev–Trinajstić information content (AvgIpc) is 2.46. The molecule has 0 amide bonds. The molecule has 0 saturated carbocycles. The molecule has 0 aliphatic heterocycles. The molecule has 0 aliphatic carbocycles. The summed E-state index contributed by atoms with van der Waals surface area (Å²) in [6.45, 7) is 4.49. The summed E-state index contributed by atoms with van der Waals surface area (Å²) in [5.41, 5.74) is 2.19. The van der Waals surface area contributed by atoms with Gasteiger partial charge in [-0.15, -0.1) is 0 Å². The van der Waals surface area contributed by atoms with E-state index in [4.69, 9.17) is 9.47 Å². The number of methoxy groups -OCH3 is 1. The van der Waals surface area contributed by atoms with Gasteiger partial charge in [-0.2, -0.15) is 0 Å². The lowest BCUT2D eigenvalue weighted by Crippen LogP contribution is -2.33. The van der Waals surface area contributed by atoms with Crippen LogP contribution < -0.4 is 10.2 Å². The number of benzene rings is 1. The zero-order chi connectivity index (χ0) is 15.7. The fourth-order valence-corrected chi connectivity index (χ4v) is 3.44. The number of hydrogen-bond donors (Lipinski definition) is 1. The molecule has 7 heteroatoms. The molecule has 1 rings (SSSR count). The summed E-state index contributed by atoms with van der Waals surface area (Å²) >= 11 is 0. The molecule has 0 aromatic heterocycles. The zero-order valence-corrected chi connectivity index (χ0v) is 13.8. The summed E-state index contributed by atoms with van der Waals surface area (Å²) in [6.07, 6.45) is 0.445. The van der Waals surface area contributed by atoms with Crippen molar-refractivity contribution in [3.63, 3.8) is 0 Å². The Morgan fingerprint density at radius 2 is 2.05 bits per heavy atom. The number of hydrogen-bond acceptors (Lipinski definition) is 4. The molecule has 0 bridgehead atoms. The van der Waals surface area contributed by atoms with Crippen LogP contribution in [0.25, 0.3) is 0 Å². The van der Waals surface area contributed by atoms with E-state index in [2.05, 4.69) is 11.5 Å². The first kappa shape index (κ1) is 18.2. The fraction of sp³-hybridized carbons (Fsp3) is 0.571. The molecular formula is C14H24BNO4S. The molecular weight excluding hydrogens is 289 g/mol. The van der Waals surface area contributed by atoms with E-state index in [9.17, 15) is 8.42 Å². The van der Waals surface area contributed by atoms with Gasteiger partial charge in [0.15, 0.2) is 7.28 Å². The van der Waals surface area contributed by atoms with E-state index in [1.165, 1.54) is 7.11 Å². The van der Waals surface area contributed by atoms with Gasteiger partial charge in [0.2, 0.25) is 10.0 Å².